The van der Waals surface area contributed by atoms with Crippen LogP contribution in [0.5, 0.6) is 5.75 Å². The molecule has 1 saturated heterocycles. The Morgan fingerprint density at radius 2 is 1.50 bits per heavy atom. The second-order valence-electron chi connectivity index (χ2n) is 3.17. The second-order valence-corrected chi connectivity index (χ2v) is 4.53. The van der Waals surface area contributed by atoms with E-state index in [9.17, 15) is 0 Å². The second kappa shape index (κ2) is 4.38. The van der Waals surface area contributed by atoms with E-state index in [1.807, 2.05) is 17.8 Å². The summed E-state index contributed by atoms with van der Waals surface area (Å²) in [5.74, 6) is 0.322. The Morgan fingerprint density at radius 1 is 0.929 bits per heavy atom. The molecule has 1 aliphatic carbocycles. The lowest BCUT2D eigenvalue weighted by Gasteiger charge is -1.84. The molecule has 1 fully saturated rings. The summed E-state index contributed by atoms with van der Waals surface area (Å²) in [7, 11) is 0. The van der Waals surface area contributed by atoms with Gasteiger partial charge in [-0.1, -0.05) is 42.5 Å². The number of phenolic OH excluding ortho intramolecular Hbond substituents is 1. The lowest BCUT2D eigenvalue weighted by molar-refractivity contribution is 0.475. The van der Waals surface area contributed by atoms with Gasteiger partial charge < -0.3 is 5.11 Å². The van der Waals surface area contributed by atoms with E-state index in [4.69, 9.17) is 5.11 Å². The van der Waals surface area contributed by atoms with Crippen LogP contribution in [0, 0.1) is 0 Å². The van der Waals surface area contributed by atoms with Crippen LogP contribution in [-0.4, -0.2) is 15.6 Å². The fourth-order valence-corrected chi connectivity index (χ4v) is 2.04. The highest BCUT2D eigenvalue weighted by Gasteiger charge is 2.34. The Hall–Kier alpha value is -1.15. The highest BCUT2D eigenvalue weighted by Crippen LogP contribution is 2.44. The average Bonchev–Trinajstić information content (AvgIpc) is 2.98. The van der Waals surface area contributed by atoms with Crippen LogP contribution in [-0.2, 0) is 0 Å². The van der Waals surface area contributed by atoms with Crippen LogP contribution in [0.2, 0.25) is 0 Å². The lowest BCUT2D eigenvalue weighted by atomic mass is 10.2. The van der Waals surface area contributed by atoms with Gasteiger partial charge in [0.25, 0.3) is 0 Å². The summed E-state index contributed by atoms with van der Waals surface area (Å²) in [4.78, 5) is 0. The third-order valence-corrected chi connectivity index (χ3v) is 3.25. The number of para-hydroxylation sites is 1. The standard InChI is InChI=1S/C6H6O.C6H6S/c7-6-4-2-1-3-5-6;1-2-4-6-5(3-1)7-6/h1-5,7H;1-6H. The summed E-state index contributed by atoms with van der Waals surface area (Å²) < 4.78 is 0. The van der Waals surface area contributed by atoms with Crippen molar-refractivity contribution in [3.8, 4) is 5.75 Å². The van der Waals surface area contributed by atoms with Gasteiger partial charge >= 0.3 is 0 Å². The molecule has 1 aromatic carbocycles. The summed E-state index contributed by atoms with van der Waals surface area (Å²) in [5.41, 5.74) is 0. The van der Waals surface area contributed by atoms with E-state index in [-0.39, 0.29) is 0 Å². The number of phenols is 1. The smallest absolute Gasteiger partial charge is 0.115 e. The number of benzene rings is 1. The molecule has 1 N–H and O–H groups in total. The fourth-order valence-electron chi connectivity index (χ4n) is 1.22. The number of hydrogen-bond acceptors (Lipinski definition) is 2. The van der Waals surface area contributed by atoms with Crippen molar-refractivity contribution in [3.05, 3.63) is 54.6 Å². The van der Waals surface area contributed by atoms with E-state index in [1.165, 1.54) is 0 Å². The van der Waals surface area contributed by atoms with Crippen molar-refractivity contribution < 1.29 is 5.11 Å². The van der Waals surface area contributed by atoms with E-state index >= 15 is 0 Å². The van der Waals surface area contributed by atoms with E-state index in [0.29, 0.717) is 5.75 Å². The Kier molecular flexibility index (Phi) is 2.94. The molecule has 14 heavy (non-hydrogen) atoms. The Balaban J connectivity index is 0.000000107. The molecule has 0 saturated carbocycles. The van der Waals surface area contributed by atoms with Crippen LogP contribution in [0.4, 0.5) is 0 Å². The molecule has 72 valence electrons. The third kappa shape index (κ3) is 2.67. The van der Waals surface area contributed by atoms with E-state index in [2.05, 4.69) is 24.3 Å². The van der Waals surface area contributed by atoms with Crippen molar-refractivity contribution in [1.82, 2.24) is 0 Å². The maximum Gasteiger partial charge on any atom is 0.115 e. The molecule has 2 unspecified atom stereocenters. The molecule has 1 nitrogen and oxygen atoms in total. The Morgan fingerprint density at radius 3 is 1.86 bits per heavy atom. The first kappa shape index (κ1) is 9.41. The molecule has 2 atom stereocenters. The fraction of sp³-hybridized carbons (Fsp3) is 0.167. The quantitative estimate of drug-likeness (QED) is 0.656. The SMILES string of the molecule is C1=CC2SC2C=C1.Oc1ccccc1. The highest BCUT2D eigenvalue weighted by molar-refractivity contribution is 8.08. The molecule has 1 aromatic rings. The normalized spacial score (nSPS) is 26.0. The molecular weight excluding hydrogens is 192 g/mol. The summed E-state index contributed by atoms with van der Waals surface area (Å²) in [5, 5.41) is 10.3. The molecule has 2 aliphatic rings. The largest absolute Gasteiger partial charge is 0.508 e. The van der Waals surface area contributed by atoms with E-state index in [1.54, 1.807) is 24.3 Å². The first-order valence-corrected chi connectivity index (χ1v) is 5.55. The lowest BCUT2D eigenvalue weighted by Crippen LogP contribution is -1.86. The minimum Gasteiger partial charge on any atom is -0.508 e. The van der Waals surface area contributed by atoms with Gasteiger partial charge in [0.15, 0.2) is 0 Å². The van der Waals surface area contributed by atoms with E-state index in [0.717, 1.165) is 10.5 Å². The molecule has 3 rings (SSSR count). The Bertz CT molecular complexity index is 327. The summed E-state index contributed by atoms with van der Waals surface area (Å²) in [6.45, 7) is 0. The Labute approximate surface area is 88.2 Å². The van der Waals surface area contributed by atoms with Crippen LogP contribution >= 0.6 is 11.8 Å². The molecule has 0 spiro atoms. The van der Waals surface area contributed by atoms with Crippen molar-refractivity contribution >= 4 is 11.8 Å². The predicted octanol–water partition coefficient (Wildman–Crippen LogP) is 2.99. The number of fused-ring (bicyclic) bond motifs is 1. The molecule has 0 radical (unpaired) electrons. The van der Waals surface area contributed by atoms with E-state index < -0.39 is 0 Å². The minimum atomic E-state index is 0.322. The van der Waals surface area contributed by atoms with Crippen molar-refractivity contribution in [2.75, 3.05) is 0 Å². The van der Waals surface area contributed by atoms with Crippen LogP contribution in [0.1, 0.15) is 0 Å². The predicted molar refractivity (Wildman–Crippen MR) is 61.6 cm³/mol. The van der Waals surface area contributed by atoms with Gasteiger partial charge in [0.2, 0.25) is 0 Å². The molecule has 0 bridgehead atoms. The zero-order valence-corrected chi connectivity index (χ0v) is 8.52. The van der Waals surface area contributed by atoms with Crippen molar-refractivity contribution in [3.63, 3.8) is 0 Å². The zero-order chi connectivity index (χ0) is 9.80. The van der Waals surface area contributed by atoms with Gasteiger partial charge in [0.05, 0.1) is 0 Å². The van der Waals surface area contributed by atoms with Crippen molar-refractivity contribution in [1.29, 1.82) is 0 Å². The first-order chi connectivity index (χ1) is 6.86. The van der Waals surface area contributed by atoms with Crippen molar-refractivity contribution in [2.45, 2.75) is 10.5 Å². The molecule has 1 heterocycles. The summed E-state index contributed by atoms with van der Waals surface area (Å²) >= 11 is 2.03. The van der Waals surface area contributed by atoms with Gasteiger partial charge in [-0.05, 0) is 12.1 Å². The van der Waals surface area contributed by atoms with Gasteiger partial charge in [-0.25, -0.2) is 0 Å². The van der Waals surface area contributed by atoms with Gasteiger partial charge in [-0.15, -0.1) is 11.8 Å². The number of hydrogen-bond donors (Lipinski definition) is 1. The maximum absolute atomic E-state index is 8.63. The maximum atomic E-state index is 8.63. The van der Waals surface area contributed by atoms with Crippen LogP contribution < -0.4 is 0 Å². The van der Waals surface area contributed by atoms with Crippen LogP contribution in [0.15, 0.2) is 54.6 Å². The molecule has 2 heteroatoms. The first-order valence-electron chi connectivity index (χ1n) is 4.61. The monoisotopic (exact) mass is 204 g/mol. The number of thioether (sulfide) groups is 1. The summed E-state index contributed by atoms with van der Waals surface area (Å²) in [6.07, 6.45) is 8.77. The number of allylic oxidation sites excluding steroid dienone is 2. The number of aromatic hydroxyl groups is 1. The van der Waals surface area contributed by atoms with Crippen LogP contribution in [0.3, 0.4) is 0 Å². The molecular formula is C12H12OS. The molecule has 0 amide bonds. The van der Waals surface area contributed by atoms with Gasteiger partial charge in [-0.3, -0.25) is 0 Å². The van der Waals surface area contributed by atoms with Gasteiger partial charge in [-0.2, -0.15) is 0 Å². The minimum absolute atomic E-state index is 0.322. The van der Waals surface area contributed by atoms with Crippen molar-refractivity contribution in [2.24, 2.45) is 0 Å². The molecule has 1 aliphatic heterocycles. The number of rotatable bonds is 0. The summed E-state index contributed by atoms with van der Waals surface area (Å²) in [6, 6.07) is 8.71. The average molecular weight is 204 g/mol. The van der Waals surface area contributed by atoms with Gasteiger partial charge in [0.1, 0.15) is 5.75 Å². The topological polar surface area (TPSA) is 20.2 Å². The third-order valence-electron chi connectivity index (χ3n) is 2.03. The highest BCUT2D eigenvalue weighted by atomic mass is 32.2. The van der Waals surface area contributed by atoms with Gasteiger partial charge in [0, 0.05) is 10.5 Å². The zero-order valence-electron chi connectivity index (χ0n) is 7.71. The van der Waals surface area contributed by atoms with Crippen LogP contribution in [0.25, 0.3) is 0 Å². The molecule has 0 aromatic heterocycles.